The molecule has 1 saturated carbocycles. The Balaban J connectivity index is 1.45. The average molecular weight is 339 g/mol. The summed E-state index contributed by atoms with van der Waals surface area (Å²) >= 11 is 0. The maximum absolute atomic E-state index is 12.8. The summed E-state index contributed by atoms with van der Waals surface area (Å²) in [7, 11) is 0. The Morgan fingerprint density at radius 3 is 2.76 bits per heavy atom. The van der Waals surface area contributed by atoms with Crippen molar-refractivity contribution in [3.8, 4) is 5.75 Å². The molecular weight excluding hydrogens is 314 g/mol. The van der Waals surface area contributed by atoms with E-state index in [1.54, 1.807) is 0 Å². The maximum atomic E-state index is 12.8. The van der Waals surface area contributed by atoms with Crippen molar-refractivity contribution in [3.05, 3.63) is 47.3 Å². The van der Waals surface area contributed by atoms with E-state index in [0.717, 1.165) is 17.9 Å². The Bertz CT molecular complexity index is 775. The molecule has 5 nitrogen and oxygen atoms in total. The molecule has 2 heterocycles. The van der Waals surface area contributed by atoms with E-state index in [2.05, 4.69) is 32.2 Å². The van der Waals surface area contributed by atoms with Crippen LogP contribution in [-0.2, 0) is 12.0 Å². The number of hydrogen-bond donors (Lipinski definition) is 1. The standard InChI is InChI=1S/C20H25N3O2/c1-20(2,3)23-17(11-16(22-23)13-8-9-13)19(24)21-12-15-10-14-6-4-5-7-18(14)25-15/h4-7,11,13,15H,8-10,12H2,1-3H3,(H,21,24). The Hall–Kier alpha value is -2.30. The van der Waals surface area contributed by atoms with E-state index in [1.165, 1.54) is 18.4 Å². The molecule has 0 bridgehead atoms. The molecule has 1 unspecified atom stereocenters. The molecule has 4 rings (SSSR count). The van der Waals surface area contributed by atoms with Gasteiger partial charge in [-0.25, -0.2) is 0 Å². The van der Waals surface area contributed by atoms with Crippen molar-refractivity contribution in [2.45, 2.75) is 57.6 Å². The number of benzene rings is 1. The predicted octanol–water partition coefficient (Wildman–Crippen LogP) is 3.25. The van der Waals surface area contributed by atoms with Crippen molar-refractivity contribution in [3.63, 3.8) is 0 Å². The lowest BCUT2D eigenvalue weighted by atomic mass is 10.1. The van der Waals surface area contributed by atoms with Gasteiger partial charge in [0.25, 0.3) is 5.91 Å². The van der Waals surface area contributed by atoms with Crippen LogP contribution in [0.5, 0.6) is 5.75 Å². The largest absolute Gasteiger partial charge is 0.488 e. The fourth-order valence-corrected chi connectivity index (χ4v) is 3.32. The topological polar surface area (TPSA) is 56.2 Å². The zero-order chi connectivity index (χ0) is 17.6. The van der Waals surface area contributed by atoms with Crippen LogP contribution in [-0.4, -0.2) is 28.3 Å². The zero-order valence-corrected chi connectivity index (χ0v) is 15.1. The molecule has 1 aliphatic heterocycles. The second-order valence-corrected chi connectivity index (χ2v) is 8.07. The first-order valence-electron chi connectivity index (χ1n) is 9.05. The van der Waals surface area contributed by atoms with Gasteiger partial charge in [-0.05, 0) is 51.3 Å². The lowest BCUT2D eigenvalue weighted by molar-refractivity contribution is 0.0915. The summed E-state index contributed by atoms with van der Waals surface area (Å²) in [6.45, 7) is 6.72. The normalized spacial score (nSPS) is 19.4. The van der Waals surface area contributed by atoms with Gasteiger partial charge in [-0.3, -0.25) is 9.48 Å². The molecule has 1 amide bonds. The van der Waals surface area contributed by atoms with E-state index in [1.807, 2.05) is 28.9 Å². The summed E-state index contributed by atoms with van der Waals surface area (Å²) in [6, 6.07) is 10.0. The van der Waals surface area contributed by atoms with Crippen LogP contribution in [0.3, 0.4) is 0 Å². The average Bonchev–Trinajstić information content (AvgIpc) is 3.17. The third-order valence-corrected chi connectivity index (χ3v) is 4.80. The van der Waals surface area contributed by atoms with Crippen LogP contribution in [0.1, 0.15) is 61.3 Å². The Labute approximate surface area is 148 Å². The highest BCUT2D eigenvalue weighted by atomic mass is 16.5. The Kier molecular flexibility index (Phi) is 3.82. The molecule has 0 spiro atoms. The molecule has 1 aromatic heterocycles. The second kappa shape index (κ2) is 5.90. The van der Waals surface area contributed by atoms with Crippen molar-refractivity contribution >= 4 is 5.91 Å². The number of rotatable bonds is 4. The van der Waals surface area contributed by atoms with E-state index in [9.17, 15) is 4.79 Å². The van der Waals surface area contributed by atoms with E-state index in [-0.39, 0.29) is 17.6 Å². The molecule has 1 aromatic carbocycles. The molecule has 2 aliphatic rings. The third kappa shape index (κ3) is 3.28. The summed E-state index contributed by atoms with van der Waals surface area (Å²) in [4.78, 5) is 12.8. The number of ether oxygens (including phenoxy) is 1. The highest BCUT2D eigenvalue weighted by Crippen LogP contribution is 2.40. The van der Waals surface area contributed by atoms with Gasteiger partial charge in [-0.1, -0.05) is 18.2 Å². The van der Waals surface area contributed by atoms with Gasteiger partial charge in [-0.15, -0.1) is 0 Å². The van der Waals surface area contributed by atoms with E-state index >= 15 is 0 Å². The number of para-hydroxylation sites is 1. The van der Waals surface area contributed by atoms with Gasteiger partial charge in [0.05, 0.1) is 17.8 Å². The van der Waals surface area contributed by atoms with Gasteiger partial charge in [0.2, 0.25) is 0 Å². The number of aromatic nitrogens is 2. The highest BCUT2D eigenvalue weighted by Gasteiger charge is 2.31. The third-order valence-electron chi connectivity index (χ3n) is 4.80. The molecule has 0 saturated heterocycles. The highest BCUT2D eigenvalue weighted by molar-refractivity contribution is 5.92. The second-order valence-electron chi connectivity index (χ2n) is 8.07. The van der Waals surface area contributed by atoms with E-state index in [4.69, 9.17) is 9.84 Å². The molecule has 1 N–H and O–H groups in total. The van der Waals surface area contributed by atoms with Crippen LogP contribution in [0.25, 0.3) is 0 Å². The van der Waals surface area contributed by atoms with Gasteiger partial charge in [0.1, 0.15) is 17.5 Å². The molecule has 132 valence electrons. The van der Waals surface area contributed by atoms with Gasteiger partial charge in [-0.2, -0.15) is 5.10 Å². The quantitative estimate of drug-likeness (QED) is 0.930. The number of amides is 1. The first-order valence-corrected chi connectivity index (χ1v) is 9.05. The summed E-state index contributed by atoms with van der Waals surface area (Å²) in [5, 5.41) is 7.74. The van der Waals surface area contributed by atoms with Crippen molar-refractivity contribution < 1.29 is 9.53 Å². The van der Waals surface area contributed by atoms with Crippen molar-refractivity contribution in [2.75, 3.05) is 6.54 Å². The van der Waals surface area contributed by atoms with Gasteiger partial charge >= 0.3 is 0 Å². The van der Waals surface area contributed by atoms with Crippen LogP contribution < -0.4 is 10.1 Å². The molecule has 0 radical (unpaired) electrons. The number of fused-ring (bicyclic) bond motifs is 1. The molecule has 1 atom stereocenters. The molecule has 1 aliphatic carbocycles. The predicted molar refractivity (Wildman–Crippen MR) is 96.1 cm³/mol. The lowest BCUT2D eigenvalue weighted by Gasteiger charge is -2.22. The first-order chi connectivity index (χ1) is 11.9. The summed E-state index contributed by atoms with van der Waals surface area (Å²) in [5.41, 5.74) is 2.67. The molecule has 1 fully saturated rings. The molecule has 5 heteroatoms. The van der Waals surface area contributed by atoms with Gasteiger partial charge in [0.15, 0.2) is 0 Å². The van der Waals surface area contributed by atoms with Gasteiger partial charge in [0, 0.05) is 12.3 Å². The van der Waals surface area contributed by atoms with Crippen LogP contribution in [0.4, 0.5) is 0 Å². The number of nitrogens with zero attached hydrogens (tertiary/aromatic N) is 2. The van der Waals surface area contributed by atoms with E-state index in [0.29, 0.717) is 18.2 Å². The summed E-state index contributed by atoms with van der Waals surface area (Å²) in [6.07, 6.45) is 3.19. The van der Waals surface area contributed by atoms with Crippen molar-refractivity contribution in [2.24, 2.45) is 0 Å². The van der Waals surface area contributed by atoms with Crippen LogP contribution in [0.15, 0.2) is 30.3 Å². The number of hydrogen-bond acceptors (Lipinski definition) is 3. The van der Waals surface area contributed by atoms with Gasteiger partial charge < -0.3 is 10.1 Å². The maximum Gasteiger partial charge on any atom is 0.269 e. The minimum atomic E-state index is -0.222. The fourth-order valence-electron chi connectivity index (χ4n) is 3.32. The minimum absolute atomic E-state index is 0.00439. The van der Waals surface area contributed by atoms with E-state index < -0.39 is 0 Å². The Morgan fingerprint density at radius 2 is 2.08 bits per heavy atom. The smallest absolute Gasteiger partial charge is 0.269 e. The number of nitrogens with one attached hydrogen (secondary N) is 1. The Morgan fingerprint density at radius 1 is 1.32 bits per heavy atom. The summed E-state index contributed by atoms with van der Waals surface area (Å²) < 4.78 is 7.77. The first kappa shape index (κ1) is 16.2. The molecular formula is C20H25N3O2. The molecule has 25 heavy (non-hydrogen) atoms. The van der Waals surface area contributed by atoms with Crippen molar-refractivity contribution in [1.82, 2.24) is 15.1 Å². The SMILES string of the molecule is CC(C)(C)n1nc(C2CC2)cc1C(=O)NCC1Cc2ccccc2O1. The monoisotopic (exact) mass is 339 g/mol. The summed E-state index contributed by atoms with van der Waals surface area (Å²) in [5.74, 6) is 1.38. The van der Waals surface area contributed by atoms with Crippen LogP contribution in [0, 0.1) is 0 Å². The lowest BCUT2D eigenvalue weighted by Crippen LogP contribution is -2.37. The minimum Gasteiger partial charge on any atom is -0.488 e. The van der Waals surface area contributed by atoms with Crippen LogP contribution in [0.2, 0.25) is 0 Å². The number of carbonyl (C=O) groups excluding carboxylic acids is 1. The molecule has 2 aromatic rings. The van der Waals surface area contributed by atoms with Crippen LogP contribution >= 0.6 is 0 Å². The van der Waals surface area contributed by atoms with Crippen molar-refractivity contribution in [1.29, 1.82) is 0 Å². The fraction of sp³-hybridized carbons (Fsp3) is 0.500. The zero-order valence-electron chi connectivity index (χ0n) is 15.1. The number of carbonyl (C=O) groups is 1.